The van der Waals surface area contributed by atoms with E-state index in [0.29, 0.717) is 35.6 Å². The maximum atomic E-state index is 13.6. The molecule has 0 spiro atoms. The standard InChI is InChI=1S/C26H26FN5O2S/c1-15-11-22-25(35-15)24(32-26(31-22)29-16(2)19-12-20(27)14-28-13-19)23(34)6-4-5-18-7-9-21(10-8-18)30-17(3)33/h7-14,16H,4-6H2,1-3H3,(H,30,33)(H,29,31,32)/t16-/m0/s1. The predicted octanol–water partition coefficient (Wildman–Crippen LogP) is 5.87. The van der Waals surface area contributed by atoms with Crippen LogP contribution in [0.2, 0.25) is 0 Å². The Morgan fingerprint density at radius 3 is 2.60 bits per heavy atom. The van der Waals surface area contributed by atoms with Crippen molar-refractivity contribution in [1.82, 2.24) is 15.0 Å². The van der Waals surface area contributed by atoms with Crippen molar-refractivity contribution in [2.24, 2.45) is 0 Å². The van der Waals surface area contributed by atoms with E-state index in [4.69, 9.17) is 0 Å². The van der Waals surface area contributed by atoms with Crippen molar-refractivity contribution < 1.29 is 14.0 Å². The summed E-state index contributed by atoms with van der Waals surface area (Å²) in [5, 5.41) is 5.92. The van der Waals surface area contributed by atoms with E-state index in [9.17, 15) is 14.0 Å². The molecule has 0 saturated carbocycles. The monoisotopic (exact) mass is 491 g/mol. The van der Waals surface area contributed by atoms with Crippen LogP contribution in [0.4, 0.5) is 16.0 Å². The molecule has 2 N–H and O–H groups in total. The number of aromatic nitrogens is 3. The van der Waals surface area contributed by atoms with Crippen molar-refractivity contribution in [3.63, 3.8) is 0 Å². The minimum absolute atomic E-state index is 0.0442. The highest BCUT2D eigenvalue weighted by molar-refractivity contribution is 7.19. The van der Waals surface area contributed by atoms with Crippen LogP contribution in [0.25, 0.3) is 10.2 Å². The molecular formula is C26H26FN5O2S. The molecule has 0 bridgehead atoms. The van der Waals surface area contributed by atoms with E-state index in [2.05, 4.69) is 25.6 Å². The van der Waals surface area contributed by atoms with Gasteiger partial charge in [-0.15, -0.1) is 11.3 Å². The topological polar surface area (TPSA) is 96.9 Å². The lowest BCUT2D eigenvalue weighted by molar-refractivity contribution is -0.114. The van der Waals surface area contributed by atoms with E-state index in [1.54, 1.807) is 6.20 Å². The number of Topliss-reactive ketones (excluding diaryl/α,β-unsaturated/α-hetero) is 1. The van der Waals surface area contributed by atoms with Gasteiger partial charge in [0.2, 0.25) is 11.9 Å². The fourth-order valence-electron chi connectivity index (χ4n) is 3.77. The van der Waals surface area contributed by atoms with Gasteiger partial charge < -0.3 is 10.6 Å². The number of ketones is 1. The molecule has 4 aromatic rings. The summed E-state index contributed by atoms with van der Waals surface area (Å²) in [6.07, 6.45) is 4.49. The highest BCUT2D eigenvalue weighted by atomic mass is 32.1. The number of nitrogens with zero attached hydrogens (tertiary/aromatic N) is 3. The number of anilines is 2. The number of aryl methyl sites for hydroxylation is 2. The molecule has 35 heavy (non-hydrogen) atoms. The van der Waals surface area contributed by atoms with E-state index in [0.717, 1.165) is 33.4 Å². The lowest BCUT2D eigenvalue weighted by Crippen LogP contribution is -2.13. The summed E-state index contributed by atoms with van der Waals surface area (Å²) < 4.78 is 14.4. The van der Waals surface area contributed by atoms with Crippen LogP contribution in [0.5, 0.6) is 0 Å². The summed E-state index contributed by atoms with van der Waals surface area (Å²) in [4.78, 5) is 38.4. The maximum absolute atomic E-state index is 13.6. The minimum Gasteiger partial charge on any atom is -0.348 e. The van der Waals surface area contributed by atoms with E-state index >= 15 is 0 Å². The number of hydrogen-bond donors (Lipinski definition) is 2. The third-order valence-electron chi connectivity index (χ3n) is 5.47. The van der Waals surface area contributed by atoms with Crippen molar-refractivity contribution >= 4 is 44.9 Å². The number of hydrogen-bond acceptors (Lipinski definition) is 7. The molecule has 0 aliphatic carbocycles. The second-order valence-electron chi connectivity index (χ2n) is 8.42. The summed E-state index contributed by atoms with van der Waals surface area (Å²) in [5.74, 6) is -0.248. The summed E-state index contributed by atoms with van der Waals surface area (Å²) in [6.45, 7) is 5.31. The van der Waals surface area contributed by atoms with Crippen molar-refractivity contribution in [3.8, 4) is 0 Å². The zero-order valence-electron chi connectivity index (χ0n) is 19.8. The molecule has 180 valence electrons. The number of rotatable bonds is 9. The second kappa shape index (κ2) is 10.7. The van der Waals surface area contributed by atoms with Crippen LogP contribution in [0, 0.1) is 12.7 Å². The van der Waals surface area contributed by atoms with E-state index in [1.165, 1.54) is 24.3 Å². The first kappa shape index (κ1) is 24.4. The number of thiophene rings is 1. The van der Waals surface area contributed by atoms with Crippen LogP contribution in [0.15, 0.2) is 48.8 Å². The Morgan fingerprint density at radius 2 is 1.89 bits per heavy atom. The molecule has 1 aromatic carbocycles. The van der Waals surface area contributed by atoms with Gasteiger partial charge in [0.05, 0.1) is 22.5 Å². The normalized spacial score (nSPS) is 11.9. The third kappa shape index (κ3) is 6.24. The van der Waals surface area contributed by atoms with Crippen LogP contribution < -0.4 is 10.6 Å². The minimum atomic E-state index is -0.415. The Hall–Kier alpha value is -3.72. The van der Waals surface area contributed by atoms with Crippen LogP contribution in [-0.4, -0.2) is 26.6 Å². The molecule has 7 nitrogen and oxygen atoms in total. The van der Waals surface area contributed by atoms with Crippen LogP contribution in [-0.2, 0) is 11.2 Å². The Bertz CT molecular complexity index is 1370. The Morgan fingerprint density at radius 1 is 1.11 bits per heavy atom. The molecule has 3 aromatic heterocycles. The van der Waals surface area contributed by atoms with Gasteiger partial charge in [0.15, 0.2) is 5.78 Å². The summed E-state index contributed by atoms with van der Waals surface area (Å²) in [7, 11) is 0. The number of carbonyl (C=O) groups is 2. The Balaban J connectivity index is 1.47. The Labute approximate surface area is 206 Å². The van der Waals surface area contributed by atoms with Crippen molar-refractivity contribution in [1.29, 1.82) is 0 Å². The van der Waals surface area contributed by atoms with Crippen LogP contribution >= 0.6 is 11.3 Å². The molecule has 1 atom stereocenters. The van der Waals surface area contributed by atoms with Gasteiger partial charge in [-0.25, -0.2) is 14.4 Å². The fourth-order valence-corrected chi connectivity index (χ4v) is 4.73. The van der Waals surface area contributed by atoms with Crippen LogP contribution in [0.1, 0.15) is 59.2 Å². The zero-order valence-corrected chi connectivity index (χ0v) is 20.6. The summed E-state index contributed by atoms with van der Waals surface area (Å²) in [5.41, 5.74) is 3.61. The van der Waals surface area contributed by atoms with Gasteiger partial charge in [-0.05, 0) is 62.1 Å². The largest absolute Gasteiger partial charge is 0.348 e. The average molecular weight is 492 g/mol. The van der Waals surface area contributed by atoms with Gasteiger partial charge >= 0.3 is 0 Å². The van der Waals surface area contributed by atoms with Crippen molar-refractivity contribution in [3.05, 3.63) is 76.3 Å². The Kier molecular flexibility index (Phi) is 7.45. The number of pyridine rings is 1. The molecule has 0 aliphatic rings. The first-order valence-corrected chi connectivity index (χ1v) is 12.1. The molecule has 0 aliphatic heterocycles. The van der Waals surface area contributed by atoms with E-state index in [1.807, 2.05) is 44.2 Å². The molecule has 4 rings (SSSR count). The molecule has 0 unspecified atom stereocenters. The highest BCUT2D eigenvalue weighted by Gasteiger charge is 2.18. The number of halogens is 1. The molecule has 1 amide bonds. The molecule has 0 fully saturated rings. The van der Waals surface area contributed by atoms with Crippen molar-refractivity contribution in [2.45, 2.75) is 46.1 Å². The number of carbonyl (C=O) groups excluding carboxylic acids is 2. The molecule has 3 heterocycles. The summed E-state index contributed by atoms with van der Waals surface area (Å²) in [6, 6.07) is 10.7. The average Bonchev–Trinajstić information content (AvgIpc) is 3.19. The first-order chi connectivity index (χ1) is 16.8. The van der Waals surface area contributed by atoms with Crippen LogP contribution in [0.3, 0.4) is 0 Å². The molecule has 0 saturated heterocycles. The molecule has 0 radical (unpaired) electrons. The zero-order chi connectivity index (χ0) is 24.9. The predicted molar refractivity (Wildman–Crippen MR) is 136 cm³/mol. The molecule has 9 heteroatoms. The second-order valence-corrected chi connectivity index (χ2v) is 9.68. The number of benzene rings is 1. The van der Waals surface area contributed by atoms with Gasteiger partial charge in [0.25, 0.3) is 0 Å². The van der Waals surface area contributed by atoms with Crippen molar-refractivity contribution in [2.75, 3.05) is 10.6 Å². The highest BCUT2D eigenvalue weighted by Crippen LogP contribution is 2.29. The first-order valence-electron chi connectivity index (χ1n) is 11.3. The number of amides is 1. The van der Waals surface area contributed by atoms with Gasteiger partial charge in [0.1, 0.15) is 11.5 Å². The third-order valence-corrected chi connectivity index (χ3v) is 6.52. The van der Waals surface area contributed by atoms with E-state index in [-0.39, 0.29) is 17.7 Å². The fraction of sp³-hybridized carbons (Fsp3) is 0.269. The SMILES string of the molecule is CC(=O)Nc1ccc(CCCC(=O)c2nc(N[C@@H](C)c3cncc(F)c3)nc3cc(C)sc23)cc1. The van der Waals surface area contributed by atoms with Gasteiger partial charge in [-0.2, -0.15) is 0 Å². The lowest BCUT2D eigenvalue weighted by Gasteiger charge is -2.14. The number of nitrogens with one attached hydrogen (secondary N) is 2. The number of fused-ring (bicyclic) bond motifs is 1. The van der Waals surface area contributed by atoms with Gasteiger partial charge in [0, 0.05) is 30.1 Å². The van der Waals surface area contributed by atoms with Gasteiger partial charge in [-0.1, -0.05) is 12.1 Å². The van der Waals surface area contributed by atoms with Gasteiger partial charge in [-0.3, -0.25) is 14.6 Å². The van der Waals surface area contributed by atoms with E-state index < -0.39 is 5.82 Å². The smallest absolute Gasteiger partial charge is 0.224 e. The lowest BCUT2D eigenvalue weighted by atomic mass is 10.0. The summed E-state index contributed by atoms with van der Waals surface area (Å²) >= 11 is 1.50. The maximum Gasteiger partial charge on any atom is 0.224 e. The quantitative estimate of drug-likeness (QED) is 0.284. The molecular weight excluding hydrogens is 465 g/mol.